The van der Waals surface area contributed by atoms with E-state index in [4.69, 9.17) is 23.7 Å². The molecule has 14 unspecified atom stereocenters. The number of cyclic esters (lactones) is 1. The predicted octanol–water partition coefficient (Wildman–Crippen LogP) is 7.46. The quantitative estimate of drug-likeness (QED) is 0.111. The van der Waals surface area contributed by atoms with Crippen LogP contribution >= 0.6 is 0 Å². The normalized spacial score (nSPS) is 37.1. The molecule has 14 atom stereocenters. The van der Waals surface area contributed by atoms with Crippen LogP contribution in [-0.4, -0.2) is 125 Å². The van der Waals surface area contributed by atoms with Gasteiger partial charge in [0.1, 0.15) is 24.0 Å². The van der Waals surface area contributed by atoms with Crippen LogP contribution in [0.3, 0.4) is 0 Å². The molecule has 1 aliphatic carbocycles. The van der Waals surface area contributed by atoms with Crippen LogP contribution in [-0.2, 0) is 42.9 Å². The number of aliphatic hydroxyl groups excluding tert-OH is 1. The van der Waals surface area contributed by atoms with Crippen LogP contribution in [0.15, 0.2) is 53.8 Å². The Labute approximate surface area is 391 Å². The van der Waals surface area contributed by atoms with E-state index in [-0.39, 0.29) is 55.6 Å². The molecule has 1 amide bonds. The van der Waals surface area contributed by atoms with Crippen LogP contribution in [0.4, 0.5) is 5.69 Å². The number of nitrogens with zero attached hydrogens (tertiary/aromatic N) is 1. The standard InChI is InChI=1S/C52H77N3O11/c1-10-36-23-30(3)22-31(4)24-45(62-8)48-46(63-9)26-33(6)52(61,66-48)49(58)50(59)55-21-13-12-14-41(55)51(60)65-47(34(7)42(56)29-43(36)57)32(5)25-35-15-17-40(44(27-35)64-11-2)54-38-16-18-39-37(28-38)19-20-53-39/h16,18-20,23,25,28,31,33-36,40-42,44-48,53-54,56,61H,10-15,17,21-22,24,26-27,29H2,1-9H3/b30-23+,32-25?. The summed E-state index contributed by atoms with van der Waals surface area (Å²) in [5.41, 5.74) is 3.81. The number of fused-ring (bicyclic) bond motifs is 4. The highest BCUT2D eigenvalue weighted by Gasteiger charge is 2.56. The van der Waals surface area contributed by atoms with Gasteiger partial charge in [-0.25, -0.2) is 4.79 Å². The van der Waals surface area contributed by atoms with E-state index in [1.54, 1.807) is 28.1 Å². The number of benzene rings is 1. The van der Waals surface area contributed by atoms with Gasteiger partial charge < -0.3 is 49.1 Å². The molecule has 3 fully saturated rings. The summed E-state index contributed by atoms with van der Waals surface area (Å²) >= 11 is 0. The van der Waals surface area contributed by atoms with E-state index in [9.17, 15) is 29.4 Å². The summed E-state index contributed by atoms with van der Waals surface area (Å²) in [6, 6.07) is 7.26. The molecule has 14 heteroatoms. The van der Waals surface area contributed by atoms with Gasteiger partial charge >= 0.3 is 5.97 Å². The number of aromatic amines is 1. The van der Waals surface area contributed by atoms with Gasteiger partial charge in [-0.2, -0.15) is 0 Å². The zero-order valence-corrected chi connectivity index (χ0v) is 40.8. The van der Waals surface area contributed by atoms with Gasteiger partial charge in [0.2, 0.25) is 5.79 Å². The number of nitrogens with one attached hydrogen (secondary N) is 2. The van der Waals surface area contributed by atoms with E-state index in [2.05, 4.69) is 41.5 Å². The van der Waals surface area contributed by atoms with E-state index in [1.165, 1.54) is 4.90 Å². The van der Waals surface area contributed by atoms with Gasteiger partial charge in [-0.05, 0) is 127 Å². The predicted molar refractivity (Wildman–Crippen MR) is 252 cm³/mol. The van der Waals surface area contributed by atoms with E-state index < -0.39 is 77.8 Å². The number of methoxy groups -OCH3 is 2. The van der Waals surface area contributed by atoms with Crippen LogP contribution in [0.2, 0.25) is 0 Å². The molecule has 2 saturated heterocycles. The zero-order chi connectivity index (χ0) is 47.9. The number of carbonyl (C=O) groups is 4. The number of hydrogen-bond acceptors (Lipinski definition) is 12. The number of esters is 1. The smallest absolute Gasteiger partial charge is 0.329 e. The number of carbonyl (C=O) groups excluding carboxylic acids is 4. The lowest BCUT2D eigenvalue weighted by Crippen LogP contribution is -2.64. The minimum atomic E-state index is -2.50. The lowest BCUT2D eigenvalue weighted by molar-refractivity contribution is -0.302. The number of anilines is 1. The van der Waals surface area contributed by atoms with Crippen LogP contribution in [0, 0.1) is 29.6 Å². The fourth-order valence-electron chi connectivity index (χ4n) is 11.1. The van der Waals surface area contributed by atoms with Gasteiger partial charge in [-0.1, -0.05) is 45.4 Å². The molecule has 14 nitrogen and oxygen atoms in total. The molecule has 6 rings (SSSR count). The van der Waals surface area contributed by atoms with Crippen molar-refractivity contribution in [1.29, 1.82) is 0 Å². The molecule has 3 aliphatic heterocycles. The Hall–Kier alpha value is -3.92. The zero-order valence-electron chi connectivity index (χ0n) is 40.8. The SMILES string of the molecule is CCOC1CC(C=C(C)C2OC(=O)C3CCCCN3C(=O)C(=O)C3(O)OC(C(OC)CC(C)C/C(C)=C/C(CC)C(=O)CC(O)C2C)C(OC)CC3C)CCC1Nc1ccc2[nH]ccc2c1. The monoisotopic (exact) mass is 920 g/mol. The number of aromatic nitrogens is 1. The van der Waals surface area contributed by atoms with E-state index in [1.807, 2.05) is 46.0 Å². The number of allylic oxidation sites excluding steroid dienone is 3. The molecule has 0 radical (unpaired) electrons. The molecule has 366 valence electrons. The van der Waals surface area contributed by atoms with Crippen molar-refractivity contribution in [2.45, 2.75) is 174 Å². The molecule has 1 aromatic carbocycles. The van der Waals surface area contributed by atoms with Crippen molar-refractivity contribution < 1.29 is 53.1 Å². The first-order valence-corrected chi connectivity index (χ1v) is 24.5. The Morgan fingerprint density at radius 1 is 0.970 bits per heavy atom. The lowest BCUT2D eigenvalue weighted by Gasteiger charge is -2.47. The van der Waals surface area contributed by atoms with Crippen molar-refractivity contribution in [3.63, 3.8) is 0 Å². The van der Waals surface area contributed by atoms with Gasteiger partial charge in [0, 0.05) is 74.3 Å². The Morgan fingerprint density at radius 2 is 1.71 bits per heavy atom. The number of Topliss-reactive ketones (excluding diaryl/α,β-unsaturated/α-hetero) is 2. The number of ether oxygens (including phenoxy) is 5. The summed E-state index contributed by atoms with van der Waals surface area (Å²) in [6.45, 7) is 14.0. The average Bonchev–Trinajstić information content (AvgIpc) is 3.77. The second-order valence-electron chi connectivity index (χ2n) is 19.8. The highest BCUT2D eigenvalue weighted by Crippen LogP contribution is 2.40. The van der Waals surface area contributed by atoms with Crippen molar-refractivity contribution in [2.24, 2.45) is 29.6 Å². The van der Waals surface area contributed by atoms with Crippen LogP contribution < -0.4 is 5.32 Å². The fraction of sp³-hybridized carbons (Fsp3) is 0.692. The fourth-order valence-corrected chi connectivity index (χ4v) is 11.1. The second-order valence-corrected chi connectivity index (χ2v) is 19.8. The molecule has 4 aliphatic rings. The van der Waals surface area contributed by atoms with E-state index >= 15 is 0 Å². The maximum atomic E-state index is 14.6. The molecular weight excluding hydrogens is 843 g/mol. The van der Waals surface area contributed by atoms with Crippen LogP contribution in [0.1, 0.15) is 119 Å². The molecule has 4 heterocycles. The van der Waals surface area contributed by atoms with Gasteiger partial charge in [0.05, 0.1) is 30.5 Å². The Kier molecular flexibility index (Phi) is 17.9. The maximum Gasteiger partial charge on any atom is 0.329 e. The third-order valence-corrected chi connectivity index (χ3v) is 14.9. The number of rotatable bonds is 9. The minimum absolute atomic E-state index is 0.0344. The minimum Gasteiger partial charge on any atom is -0.456 e. The summed E-state index contributed by atoms with van der Waals surface area (Å²) in [7, 11) is 3.09. The second kappa shape index (κ2) is 22.9. The highest BCUT2D eigenvalue weighted by atomic mass is 16.7. The van der Waals surface area contributed by atoms with Gasteiger partial charge in [0.25, 0.3) is 11.7 Å². The van der Waals surface area contributed by atoms with Crippen LogP contribution in [0.5, 0.6) is 0 Å². The number of aliphatic hydroxyl groups is 2. The summed E-state index contributed by atoms with van der Waals surface area (Å²) in [6.07, 6.45) is 7.26. The first kappa shape index (κ1) is 51.5. The Morgan fingerprint density at radius 3 is 2.42 bits per heavy atom. The number of piperidine rings is 1. The third kappa shape index (κ3) is 11.8. The summed E-state index contributed by atoms with van der Waals surface area (Å²) in [5.74, 6) is -7.37. The van der Waals surface area contributed by atoms with Crippen molar-refractivity contribution >= 4 is 40.0 Å². The maximum absolute atomic E-state index is 14.6. The topological polar surface area (TPSA) is 186 Å². The van der Waals surface area contributed by atoms with Gasteiger partial charge in [0.15, 0.2) is 0 Å². The van der Waals surface area contributed by atoms with Crippen molar-refractivity contribution in [1.82, 2.24) is 9.88 Å². The number of amides is 1. The van der Waals surface area contributed by atoms with Crippen LogP contribution in [0.25, 0.3) is 10.9 Å². The number of H-pyrrole nitrogens is 1. The van der Waals surface area contributed by atoms with Crippen molar-refractivity contribution in [3.8, 4) is 0 Å². The molecule has 1 aromatic heterocycles. The molecule has 66 heavy (non-hydrogen) atoms. The molecule has 2 bridgehead atoms. The molecular formula is C52H77N3O11. The molecule has 4 N–H and O–H groups in total. The number of hydrogen-bond donors (Lipinski definition) is 4. The highest BCUT2D eigenvalue weighted by molar-refractivity contribution is 6.39. The Balaban J connectivity index is 1.31. The number of ketones is 2. The van der Waals surface area contributed by atoms with Crippen molar-refractivity contribution in [3.05, 3.63) is 53.8 Å². The molecule has 1 saturated carbocycles. The first-order chi connectivity index (χ1) is 31.5. The summed E-state index contributed by atoms with van der Waals surface area (Å²) in [5, 5.41) is 28.9. The molecule has 2 aromatic rings. The first-order valence-electron chi connectivity index (χ1n) is 24.5. The summed E-state index contributed by atoms with van der Waals surface area (Å²) < 4.78 is 30.9. The van der Waals surface area contributed by atoms with Gasteiger partial charge in [-0.15, -0.1) is 0 Å². The van der Waals surface area contributed by atoms with Gasteiger partial charge in [-0.3, -0.25) is 14.4 Å². The van der Waals surface area contributed by atoms with Crippen molar-refractivity contribution in [2.75, 3.05) is 32.7 Å². The third-order valence-electron chi connectivity index (χ3n) is 14.9. The Bertz CT molecular complexity index is 2050. The molecule has 0 spiro atoms. The van der Waals surface area contributed by atoms with E-state index in [0.717, 1.165) is 40.6 Å². The largest absolute Gasteiger partial charge is 0.456 e. The summed E-state index contributed by atoms with van der Waals surface area (Å²) in [4.78, 5) is 61.8. The van der Waals surface area contributed by atoms with E-state index in [0.29, 0.717) is 45.1 Å². The average molecular weight is 920 g/mol. The lowest BCUT2D eigenvalue weighted by atomic mass is 9.80.